The van der Waals surface area contributed by atoms with Crippen LogP contribution in [0.2, 0.25) is 0 Å². The molecule has 0 unspecified atom stereocenters. The monoisotopic (exact) mass is 493 g/mol. The van der Waals surface area contributed by atoms with Crippen LogP contribution in [-0.2, 0) is 0 Å². The van der Waals surface area contributed by atoms with Gasteiger partial charge in [0.05, 0.1) is 35.0 Å². The van der Waals surface area contributed by atoms with E-state index in [1.807, 2.05) is 38.4 Å². The van der Waals surface area contributed by atoms with E-state index in [0.717, 1.165) is 39.7 Å². The third-order valence-corrected chi connectivity index (χ3v) is 6.14. The summed E-state index contributed by atoms with van der Waals surface area (Å²) in [6, 6.07) is 10.8. The number of pyridine rings is 2. The van der Waals surface area contributed by atoms with Gasteiger partial charge in [0.25, 0.3) is 0 Å². The number of aromatic nitrogens is 7. The molecule has 3 N–H and O–H groups in total. The zero-order chi connectivity index (χ0) is 25.4. The van der Waals surface area contributed by atoms with Gasteiger partial charge in [-0.2, -0.15) is 5.10 Å². The summed E-state index contributed by atoms with van der Waals surface area (Å²) in [6.45, 7) is 1.55. The van der Waals surface area contributed by atoms with Crippen LogP contribution in [0.15, 0.2) is 67.4 Å². The molecule has 5 aromatic heterocycles. The first kappa shape index (κ1) is 22.7. The smallest absolute Gasteiger partial charge is 0.125 e. The molecule has 0 aliphatic carbocycles. The van der Waals surface area contributed by atoms with Gasteiger partial charge in [-0.3, -0.25) is 25.0 Å². The van der Waals surface area contributed by atoms with E-state index >= 15 is 0 Å². The molecule has 0 aliphatic rings. The number of fused-ring (bicyclic) bond motifs is 2. The molecule has 6 aromatic rings. The Kier molecular flexibility index (Phi) is 5.78. The maximum Gasteiger partial charge on any atom is 0.125 e. The molecule has 184 valence electrons. The lowest BCUT2D eigenvalue weighted by molar-refractivity contribution is 0.425. The van der Waals surface area contributed by atoms with Crippen LogP contribution in [-0.4, -0.2) is 67.2 Å². The molecule has 5 heterocycles. The Morgan fingerprint density at radius 3 is 2.59 bits per heavy atom. The predicted molar refractivity (Wildman–Crippen MR) is 142 cm³/mol. The van der Waals surface area contributed by atoms with Crippen molar-refractivity contribution < 1.29 is 4.39 Å². The van der Waals surface area contributed by atoms with Gasteiger partial charge in [-0.25, -0.2) is 4.39 Å². The lowest BCUT2D eigenvalue weighted by Gasteiger charge is -2.12. The Morgan fingerprint density at radius 1 is 0.865 bits per heavy atom. The van der Waals surface area contributed by atoms with Gasteiger partial charge in [-0.05, 0) is 50.5 Å². The van der Waals surface area contributed by atoms with E-state index in [0.29, 0.717) is 34.9 Å². The second-order valence-electron chi connectivity index (χ2n) is 9.04. The number of rotatable bonds is 7. The molecule has 0 atom stereocenters. The molecule has 0 aliphatic heterocycles. The van der Waals surface area contributed by atoms with E-state index in [4.69, 9.17) is 0 Å². The number of hydrogen-bond acceptors (Lipinski definition) is 7. The fourth-order valence-electron chi connectivity index (χ4n) is 4.36. The predicted octanol–water partition coefficient (Wildman–Crippen LogP) is 4.74. The van der Waals surface area contributed by atoms with Crippen molar-refractivity contribution in [1.29, 1.82) is 0 Å². The minimum atomic E-state index is -0.318. The first-order chi connectivity index (χ1) is 18.0. The number of anilines is 1. The van der Waals surface area contributed by atoms with Crippen molar-refractivity contribution in [3.63, 3.8) is 0 Å². The highest BCUT2D eigenvalue weighted by atomic mass is 19.1. The van der Waals surface area contributed by atoms with Gasteiger partial charge in [-0.15, -0.1) is 0 Å². The van der Waals surface area contributed by atoms with Crippen LogP contribution in [0, 0.1) is 5.82 Å². The standard InChI is InChI=1S/C27H24FN9/c1-37(2)8-7-30-18-10-16(9-17(28)11-18)26-19-13-23(34-21(19)3-4-32-26)27-20-12-22(25-14-29-5-6-31-25)33-15-24(20)35-36-27/h3-6,9-15,30,34H,7-8H2,1-2H3,(H,35,36). The molecule has 0 radical (unpaired) electrons. The van der Waals surface area contributed by atoms with Crippen molar-refractivity contribution in [3.05, 3.63) is 73.2 Å². The Morgan fingerprint density at radius 2 is 1.76 bits per heavy atom. The molecule has 0 saturated carbocycles. The van der Waals surface area contributed by atoms with Gasteiger partial charge in [0.2, 0.25) is 0 Å². The van der Waals surface area contributed by atoms with Crippen LogP contribution >= 0.6 is 0 Å². The highest BCUT2D eigenvalue weighted by Crippen LogP contribution is 2.34. The fraction of sp³-hybridized carbons (Fsp3) is 0.148. The number of nitrogens with zero attached hydrogens (tertiary/aromatic N) is 6. The number of nitrogens with one attached hydrogen (secondary N) is 3. The third kappa shape index (κ3) is 4.50. The summed E-state index contributed by atoms with van der Waals surface area (Å²) in [5.74, 6) is -0.318. The Hall–Kier alpha value is -4.70. The largest absolute Gasteiger partial charge is 0.384 e. The number of aromatic amines is 2. The second kappa shape index (κ2) is 9.40. The van der Waals surface area contributed by atoms with Crippen molar-refractivity contribution in [2.45, 2.75) is 0 Å². The molecule has 37 heavy (non-hydrogen) atoms. The summed E-state index contributed by atoms with van der Waals surface area (Å²) in [4.78, 5) is 23.1. The summed E-state index contributed by atoms with van der Waals surface area (Å²) < 4.78 is 14.6. The number of benzene rings is 1. The van der Waals surface area contributed by atoms with Crippen LogP contribution in [0.4, 0.5) is 10.1 Å². The van der Waals surface area contributed by atoms with Crippen LogP contribution in [0.3, 0.4) is 0 Å². The molecule has 0 saturated heterocycles. The number of halogens is 1. The van der Waals surface area contributed by atoms with Crippen molar-refractivity contribution in [2.75, 3.05) is 32.5 Å². The van der Waals surface area contributed by atoms with E-state index in [1.54, 1.807) is 31.0 Å². The van der Waals surface area contributed by atoms with Crippen LogP contribution < -0.4 is 5.32 Å². The van der Waals surface area contributed by atoms with Gasteiger partial charge in [0.15, 0.2) is 0 Å². The van der Waals surface area contributed by atoms with Gasteiger partial charge in [0.1, 0.15) is 17.2 Å². The molecule has 0 bridgehead atoms. The van der Waals surface area contributed by atoms with Crippen molar-refractivity contribution >= 4 is 27.5 Å². The highest BCUT2D eigenvalue weighted by Gasteiger charge is 2.16. The van der Waals surface area contributed by atoms with E-state index < -0.39 is 0 Å². The van der Waals surface area contributed by atoms with Crippen LogP contribution in [0.25, 0.3) is 55.8 Å². The topological polar surface area (TPSA) is 111 Å². The van der Waals surface area contributed by atoms with E-state index in [-0.39, 0.29) is 5.82 Å². The molecular formula is C27H24FN9. The van der Waals surface area contributed by atoms with Gasteiger partial charge < -0.3 is 15.2 Å². The number of likely N-dealkylation sites (N-methyl/N-ethyl adjacent to an activating group) is 1. The molecule has 9 nitrogen and oxygen atoms in total. The molecule has 0 fully saturated rings. The molecule has 10 heteroatoms. The quantitative estimate of drug-likeness (QED) is 0.295. The molecule has 6 rings (SSSR count). The lowest BCUT2D eigenvalue weighted by Crippen LogP contribution is -2.20. The molecule has 1 aromatic carbocycles. The Balaban J connectivity index is 1.41. The van der Waals surface area contributed by atoms with Crippen molar-refractivity contribution in [1.82, 2.24) is 40.0 Å². The van der Waals surface area contributed by atoms with Crippen LogP contribution in [0.1, 0.15) is 0 Å². The van der Waals surface area contributed by atoms with Crippen LogP contribution in [0.5, 0.6) is 0 Å². The minimum Gasteiger partial charge on any atom is -0.384 e. The first-order valence-electron chi connectivity index (χ1n) is 11.8. The number of hydrogen-bond donors (Lipinski definition) is 3. The van der Waals surface area contributed by atoms with E-state index in [2.05, 4.69) is 45.3 Å². The van der Waals surface area contributed by atoms with Crippen molar-refractivity contribution in [3.8, 4) is 34.0 Å². The Labute approximate surface area is 211 Å². The minimum absolute atomic E-state index is 0.318. The van der Waals surface area contributed by atoms with E-state index in [1.165, 1.54) is 12.1 Å². The second-order valence-corrected chi connectivity index (χ2v) is 9.04. The van der Waals surface area contributed by atoms with Gasteiger partial charge in [0, 0.05) is 59.2 Å². The molecule has 0 spiro atoms. The van der Waals surface area contributed by atoms with Gasteiger partial charge in [-0.1, -0.05) is 0 Å². The third-order valence-electron chi connectivity index (χ3n) is 6.14. The first-order valence-corrected chi connectivity index (χ1v) is 11.8. The summed E-state index contributed by atoms with van der Waals surface area (Å²) in [7, 11) is 4.00. The lowest BCUT2D eigenvalue weighted by atomic mass is 10.1. The maximum absolute atomic E-state index is 14.6. The fourth-order valence-corrected chi connectivity index (χ4v) is 4.36. The van der Waals surface area contributed by atoms with Crippen molar-refractivity contribution in [2.24, 2.45) is 0 Å². The zero-order valence-electron chi connectivity index (χ0n) is 20.3. The van der Waals surface area contributed by atoms with E-state index in [9.17, 15) is 4.39 Å². The number of H-pyrrole nitrogens is 2. The average molecular weight is 494 g/mol. The summed E-state index contributed by atoms with van der Waals surface area (Å²) in [6.07, 6.45) is 8.41. The summed E-state index contributed by atoms with van der Waals surface area (Å²) in [5, 5.41) is 12.7. The summed E-state index contributed by atoms with van der Waals surface area (Å²) in [5.41, 5.74) is 6.73. The maximum atomic E-state index is 14.6. The molecule has 0 amide bonds. The highest BCUT2D eigenvalue weighted by molar-refractivity contribution is 6.00. The SMILES string of the molecule is CN(C)CCNc1cc(F)cc(-c2nccc3[nH]c(-c4n[nH]c5cnc(-c6cnccn6)cc45)cc23)c1. The normalized spacial score (nSPS) is 11.6. The summed E-state index contributed by atoms with van der Waals surface area (Å²) >= 11 is 0. The Bertz CT molecular complexity index is 1710. The zero-order valence-corrected chi connectivity index (χ0v) is 20.3. The molecular weight excluding hydrogens is 469 g/mol. The average Bonchev–Trinajstić information content (AvgIpc) is 3.52. The van der Waals surface area contributed by atoms with Gasteiger partial charge >= 0.3 is 0 Å².